The molecule has 3 unspecified atom stereocenters. The minimum atomic E-state index is -0.785. The molecule has 2 aliphatic rings. The number of carbonyl (C=O) groups excluding carboxylic acids is 3. The number of nitrogens with two attached hydrogens (primary N) is 1. The topological polar surface area (TPSA) is 114 Å². The van der Waals surface area contributed by atoms with E-state index in [0.29, 0.717) is 12.8 Å². The van der Waals surface area contributed by atoms with E-state index >= 15 is 0 Å². The van der Waals surface area contributed by atoms with Crippen molar-refractivity contribution in [2.24, 2.45) is 5.73 Å². The van der Waals surface area contributed by atoms with Gasteiger partial charge in [-0.3, -0.25) is 14.4 Å². The maximum atomic E-state index is 12.5. The summed E-state index contributed by atoms with van der Waals surface area (Å²) < 4.78 is 5.71. The SMILES string of the molecule is CNCC(=O)N[C@@H]1C(=O)N2C(CCC2C(N)=O)OC1C. The number of amides is 3. The van der Waals surface area contributed by atoms with E-state index in [9.17, 15) is 14.4 Å². The van der Waals surface area contributed by atoms with Gasteiger partial charge in [-0.25, -0.2) is 0 Å². The number of rotatable bonds is 4. The molecule has 2 rings (SSSR count). The van der Waals surface area contributed by atoms with Crippen LogP contribution in [0.5, 0.6) is 0 Å². The van der Waals surface area contributed by atoms with Gasteiger partial charge in [-0.1, -0.05) is 0 Å². The summed E-state index contributed by atoms with van der Waals surface area (Å²) in [6.45, 7) is 1.84. The van der Waals surface area contributed by atoms with Crippen LogP contribution in [0.2, 0.25) is 0 Å². The van der Waals surface area contributed by atoms with Crippen molar-refractivity contribution in [3.8, 4) is 0 Å². The van der Waals surface area contributed by atoms with Crippen LogP contribution in [0.4, 0.5) is 0 Å². The second-order valence-corrected chi connectivity index (χ2v) is 5.11. The maximum absolute atomic E-state index is 12.5. The summed E-state index contributed by atoms with van der Waals surface area (Å²) in [5, 5.41) is 5.33. The van der Waals surface area contributed by atoms with Gasteiger partial charge in [0, 0.05) is 0 Å². The fourth-order valence-electron chi connectivity index (χ4n) is 2.74. The average molecular weight is 284 g/mol. The molecule has 2 heterocycles. The number of likely N-dealkylation sites (N-methyl/N-ethyl adjacent to an activating group) is 1. The van der Waals surface area contributed by atoms with Crippen LogP contribution in [0, 0.1) is 0 Å². The molecule has 0 aromatic rings. The van der Waals surface area contributed by atoms with Gasteiger partial charge in [-0.05, 0) is 26.8 Å². The Morgan fingerprint density at radius 1 is 1.45 bits per heavy atom. The molecule has 8 nitrogen and oxygen atoms in total. The quantitative estimate of drug-likeness (QED) is 0.548. The predicted molar refractivity (Wildman–Crippen MR) is 69.3 cm³/mol. The number of hydrogen-bond acceptors (Lipinski definition) is 5. The van der Waals surface area contributed by atoms with E-state index in [1.807, 2.05) is 0 Å². The van der Waals surface area contributed by atoms with Crippen LogP contribution in [-0.4, -0.2) is 60.6 Å². The first-order valence-corrected chi connectivity index (χ1v) is 6.66. The Labute approximate surface area is 117 Å². The monoisotopic (exact) mass is 284 g/mol. The van der Waals surface area contributed by atoms with E-state index in [0.717, 1.165) is 0 Å². The molecule has 0 spiro atoms. The Bertz CT molecular complexity index is 428. The second-order valence-electron chi connectivity index (χ2n) is 5.11. The van der Waals surface area contributed by atoms with Crippen molar-refractivity contribution in [1.29, 1.82) is 0 Å². The lowest BCUT2D eigenvalue weighted by atomic mass is 10.1. The Morgan fingerprint density at radius 2 is 2.15 bits per heavy atom. The molecular formula is C12H20N4O4. The maximum Gasteiger partial charge on any atom is 0.250 e. The molecule has 2 fully saturated rings. The molecule has 4 atom stereocenters. The third kappa shape index (κ3) is 2.61. The highest BCUT2D eigenvalue weighted by molar-refractivity contribution is 5.93. The van der Waals surface area contributed by atoms with Crippen LogP contribution < -0.4 is 16.4 Å². The number of carbonyl (C=O) groups is 3. The fourth-order valence-corrected chi connectivity index (χ4v) is 2.74. The lowest BCUT2D eigenvalue weighted by Gasteiger charge is -2.40. The molecule has 3 amide bonds. The number of primary amides is 1. The van der Waals surface area contributed by atoms with Crippen molar-refractivity contribution in [3.05, 3.63) is 0 Å². The molecule has 2 aliphatic heterocycles. The van der Waals surface area contributed by atoms with Gasteiger partial charge in [0.2, 0.25) is 11.8 Å². The molecule has 0 saturated carbocycles. The first kappa shape index (κ1) is 14.7. The Morgan fingerprint density at radius 3 is 2.75 bits per heavy atom. The van der Waals surface area contributed by atoms with Crippen LogP contribution in [-0.2, 0) is 19.1 Å². The molecular weight excluding hydrogens is 264 g/mol. The Hall–Kier alpha value is -1.67. The van der Waals surface area contributed by atoms with E-state index in [1.54, 1.807) is 14.0 Å². The first-order valence-electron chi connectivity index (χ1n) is 6.66. The predicted octanol–water partition coefficient (Wildman–Crippen LogP) is -2.09. The van der Waals surface area contributed by atoms with Crippen LogP contribution in [0.15, 0.2) is 0 Å². The van der Waals surface area contributed by atoms with Crippen molar-refractivity contribution < 1.29 is 19.1 Å². The Balaban J connectivity index is 2.12. The molecule has 0 radical (unpaired) electrons. The third-order valence-corrected chi connectivity index (χ3v) is 3.68. The summed E-state index contributed by atoms with van der Waals surface area (Å²) in [6, 6.07) is -1.43. The smallest absolute Gasteiger partial charge is 0.250 e. The molecule has 112 valence electrons. The lowest BCUT2D eigenvalue weighted by Crippen LogP contribution is -2.64. The first-order chi connectivity index (χ1) is 9.45. The highest BCUT2D eigenvalue weighted by atomic mass is 16.5. The van der Waals surface area contributed by atoms with Gasteiger partial charge in [-0.2, -0.15) is 0 Å². The molecule has 0 aliphatic carbocycles. The second kappa shape index (κ2) is 5.76. The van der Waals surface area contributed by atoms with E-state index < -0.39 is 30.3 Å². The standard InChI is InChI=1S/C12H20N4O4/c1-6-10(15-8(17)5-14-2)12(19)16-7(11(13)18)3-4-9(16)20-6/h6-7,9-10,14H,3-5H2,1-2H3,(H2,13,18)(H,15,17)/t6?,7?,9?,10-/m0/s1. The van der Waals surface area contributed by atoms with Crippen molar-refractivity contribution in [3.63, 3.8) is 0 Å². The highest BCUT2D eigenvalue weighted by Crippen LogP contribution is 2.31. The zero-order valence-electron chi connectivity index (χ0n) is 11.6. The molecule has 2 saturated heterocycles. The van der Waals surface area contributed by atoms with E-state index in [1.165, 1.54) is 4.90 Å². The third-order valence-electron chi connectivity index (χ3n) is 3.68. The number of ether oxygens (including phenoxy) is 1. The molecule has 0 bridgehead atoms. The normalized spacial score (nSPS) is 32.9. The van der Waals surface area contributed by atoms with Crippen molar-refractivity contribution in [2.45, 2.75) is 44.2 Å². The molecule has 8 heteroatoms. The van der Waals surface area contributed by atoms with Gasteiger partial charge in [-0.15, -0.1) is 0 Å². The zero-order valence-corrected chi connectivity index (χ0v) is 11.6. The average Bonchev–Trinajstić information content (AvgIpc) is 2.78. The number of nitrogens with zero attached hydrogens (tertiary/aromatic N) is 1. The van der Waals surface area contributed by atoms with Gasteiger partial charge in [0.15, 0.2) is 0 Å². The van der Waals surface area contributed by atoms with Crippen molar-refractivity contribution in [1.82, 2.24) is 15.5 Å². The van der Waals surface area contributed by atoms with Crippen LogP contribution in [0.1, 0.15) is 19.8 Å². The lowest BCUT2D eigenvalue weighted by molar-refractivity contribution is -0.178. The minimum absolute atomic E-state index is 0.110. The number of fused-ring (bicyclic) bond motifs is 1. The van der Waals surface area contributed by atoms with E-state index in [4.69, 9.17) is 10.5 Å². The van der Waals surface area contributed by atoms with Gasteiger partial charge >= 0.3 is 0 Å². The summed E-state index contributed by atoms with van der Waals surface area (Å²) in [5.41, 5.74) is 5.31. The summed E-state index contributed by atoms with van der Waals surface area (Å²) in [6.07, 6.45) is 0.222. The number of nitrogens with one attached hydrogen (secondary N) is 2. The molecule has 4 N–H and O–H groups in total. The molecule has 20 heavy (non-hydrogen) atoms. The van der Waals surface area contributed by atoms with E-state index in [2.05, 4.69) is 10.6 Å². The van der Waals surface area contributed by atoms with Gasteiger partial charge in [0.05, 0.1) is 12.6 Å². The van der Waals surface area contributed by atoms with Gasteiger partial charge < -0.3 is 26.0 Å². The summed E-state index contributed by atoms with van der Waals surface area (Å²) in [7, 11) is 1.64. The number of hydrogen-bond donors (Lipinski definition) is 3. The Kier molecular flexibility index (Phi) is 4.24. The fraction of sp³-hybridized carbons (Fsp3) is 0.750. The van der Waals surface area contributed by atoms with Crippen LogP contribution >= 0.6 is 0 Å². The summed E-state index contributed by atoms with van der Waals surface area (Å²) >= 11 is 0. The van der Waals surface area contributed by atoms with Crippen molar-refractivity contribution in [2.75, 3.05) is 13.6 Å². The van der Waals surface area contributed by atoms with Gasteiger partial charge in [0.25, 0.3) is 5.91 Å². The summed E-state index contributed by atoms with van der Waals surface area (Å²) in [5.74, 6) is -1.15. The molecule has 0 aromatic heterocycles. The van der Waals surface area contributed by atoms with Crippen LogP contribution in [0.25, 0.3) is 0 Å². The van der Waals surface area contributed by atoms with E-state index in [-0.39, 0.29) is 18.4 Å². The largest absolute Gasteiger partial charge is 0.368 e. The minimum Gasteiger partial charge on any atom is -0.368 e. The van der Waals surface area contributed by atoms with Gasteiger partial charge in [0.1, 0.15) is 18.3 Å². The summed E-state index contributed by atoms with van der Waals surface area (Å²) in [4.78, 5) is 36.9. The highest BCUT2D eigenvalue weighted by Gasteiger charge is 2.49. The van der Waals surface area contributed by atoms with Crippen LogP contribution in [0.3, 0.4) is 0 Å². The van der Waals surface area contributed by atoms with Crippen molar-refractivity contribution >= 4 is 17.7 Å². The zero-order chi connectivity index (χ0) is 14.9. The molecule has 0 aromatic carbocycles.